The molecular formula is C17H18N4O4. The second-order valence-corrected chi connectivity index (χ2v) is 5.91. The van der Waals surface area contributed by atoms with Crippen LogP contribution in [0.5, 0.6) is 11.5 Å². The Morgan fingerprint density at radius 1 is 1.24 bits per heavy atom. The number of nitrogens with zero attached hydrogens (tertiary/aromatic N) is 3. The Hall–Kier alpha value is -3.03. The van der Waals surface area contributed by atoms with E-state index in [-0.39, 0.29) is 18.4 Å². The summed E-state index contributed by atoms with van der Waals surface area (Å²) in [6.45, 7) is 1.51. The van der Waals surface area contributed by atoms with Crippen molar-refractivity contribution < 1.29 is 19.1 Å². The number of fused-ring (bicyclic) bond motifs is 2. The Balaban J connectivity index is 1.67. The van der Waals surface area contributed by atoms with E-state index < -0.39 is 6.04 Å². The molecule has 1 aromatic heterocycles. The fraction of sp³-hybridized carbons (Fsp3) is 0.353. The predicted molar refractivity (Wildman–Crippen MR) is 87.5 cm³/mol. The molecule has 0 radical (unpaired) electrons. The van der Waals surface area contributed by atoms with Gasteiger partial charge in [0.2, 0.25) is 5.91 Å². The Bertz CT molecular complexity index is 832. The maximum atomic E-state index is 13.1. The number of benzene rings is 1. The number of hydrogen-bond acceptors (Lipinski definition) is 5. The van der Waals surface area contributed by atoms with Gasteiger partial charge in [0.05, 0.1) is 24.3 Å². The first-order valence-electron chi connectivity index (χ1n) is 8.11. The molecule has 2 aromatic rings. The van der Waals surface area contributed by atoms with Crippen molar-refractivity contribution in [3.05, 3.63) is 41.7 Å². The quantitative estimate of drug-likeness (QED) is 0.864. The standard InChI is InChI=1S/C17H18N4O4/c1-18-16(22)13-10-20(9-11-5-6-19-21(11)13)17(23)12-3-2-4-14-15(12)25-8-7-24-14/h2-6,13H,7-10H2,1H3,(H,18,22)/t13-/m1/s1. The van der Waals surface area contributed by atoms with E-state index in [0.717, 1.165) is 5.69 Å². The van der Waals surface area contributed by atoms with Gasteiger partial charge in [0.25, 0.3) is 5.91 Å². The highest BCUT2D eigenvalue weighted by Gasteiger charge is 2.34. The number of carbonyl (C=O) groups excluding carboxylic acids is 2. The van der Waals surface area contributed by atoms with E-state index in [4.69, 9.17) is 9.47 Å². The van der Waals surface area contributed by atoms with Crippen molar-refractivity contribution in [3.8, 4) is 11.5 Å². The molecular weight excluding hydrogens is 324 g/mol. The van der Waals surface area contributed by atoms with Gasteiger partial charge in [0, 0.05) is 13.2 Å². The average molecular weight is 342 g/mol. The minimum Gasteiger partial charge on any atom is -0.486 e. The van der Waals surface area contributed by atoms with Gasteiger partial charge in [0.1, 0.15) is 19.3 Å². The summed E-state index contributed by atoms with van der Waals surface area (Å²) in [5, 5.41) is 6.85. The number of hydrogen-bond donors (Lipinski definition) is 1. The van der Waals surface area contributed by atoms with Crippen LogP contribution in [0.15, 0.2) is 30.5 Å². The van der Waals surface area contributed by atoms with Crippen LogP contribution in [0.1, 0.15) is 22.1 Å². The summed E-state index contributed by atoms with van der Waals surface area (Å²) >= 11 is 0. The normalized spacial score (nSPS) is 18.4. The van der Waals surface area contributed by atoms with Crippen LogP contribution in [0.3, 0.4) is 0 Å². The molecule has 130 valence electrons. The Labute approximate surface area is 144 Å². The second kappa shape index (κ2) is 6.12. The summed E-state index contributed by atoms with van der Waals surface area (Å²) in [6, 6.07) is 6.53. The number of ether oxygens (including phenoxy) is 2. The molecule has 1 aromatic carbocycles. The molecule has 4 rings (SSSR count). The largest absolute Gasteiger partial charge is 0.486 e. The summed E-state index contributed by atoms with van der Waals surface area (Å²) in [5.41, 5.74) is 1.26. The summed E-state index contributed by atoms with van der Waals surface area (Å²) in [5.74, 6) is 0.664. The summed E-state index contributed by atoms with van der Waals surface area (Å²) in [6.07, 6.45) is 1.64. The highest BCUT2D eigenvalue weighted by atomic mass is 16.6. The van der Waals surface area contributed by atoms with Crippen LogP contribution in [-0.2, 0) is 11.3 Å². The van der Waals surface area contributed by atoms with E-state index in [1.54, 1.807) is 41.0 Å². The van der Waals surface area contributed by atoms with Gasteiger partial charge in [-0.15, -0.1) is 0 Å². The number of likely N-dealkylation sites (N-methyl/N-ethyl adjacent to an activating group) is 1. The van der Waals surface area contributed by atoms with Crippen LogP contribution in [-0.4, -0.2) is 53.3 Å². The topological polar surface area (TPSA) is 85.7 Å². The van der Waals surface area contributed by atoms with Crippen molar-refractivity contribution in [1.82, 2.24) is 20.0 Å². The summed E-state index contributed by atoms with van der Waals surface area (Å²) in [7, 11) is 1.57. The van der Waals surface area contributed by atoms with Crippen LogP contribution >= 0.6 is 0 Å². The fourth-order valence-electron chi connectivity index (χ4n) is 3.22. The summed E-state index contributed by atoms with van der Waals surface area (Å²) in [4.78, 5) is 26.9. The minimum atomic E-state index is -0.551. The fourth-order valence-corrected chi connectivity index (χ4v) is 3.22. The number of carbonyl (C=O) groups is 2. The van der Waals surface area contributed by atoms with Crippen molar-refractivity contribution >= 4 is 11.8 Å². The molecule has 0 fully saturated rings. The van der Waals surface area contributed by atoms with Crippen molar-refractivity contribution in [2.24, 2.45) is 0 Å². The lowest BCUT2D eigenvalue weighted by Crippen LogP contribution is -2.46. The van der Waals surface area contributed by atoms with Crippen molar-refractivity contribution in [2.75, 3.05) is 26.8 Å². The highest BCUT2D eigenvalue weighted by molar-refractivity contribution is 5.98. The van der Waals surface area contributed by atoms with Gasteiger partial charge in [-0.25, -0.2) is 0 Å². The minimum absolute atomic E-state index is 0.183. The number of aromatic nitrogens is 2. The lowest BCUT2D eigenvalue weighted by molar-refractivity contribution is -0.125. The van der Waals surface area contributed by atoms with Crippen LogP contribution in [0.4, 0.5) is 0 Å². The third-order valence-electron chi connectivity index (χ3n) is 4.43. The van der Waals surface area contributed by atoms with Crippen molar-refractivity contribution in [3.63, 3.8) is 0 Å². The van der Waals surface area contributed by atoms with E-state index in [2.05, 4.69) is 10.4 Å². The average Bonchev–Trinajstić information content (AvgIpc) is 3.14. The molecule has 8 nitrogen and oxygen atoms in total. The van der Waals surface area contributed by atoms with Crippen LogP contribution in [0, 0.1) is 0 Å². The van der Waals surface area contributed by atoms with Crippen LogP contribution < -0.4 is 14.8 Å². The zero-order valence-electron chi connectivity index (χ0n) is 13.8. The molecule has 2 amide bonds. The summed E-state index contributed by atoms with van der Waals surface area (Å²) < 4.78 is 12.9. The first kappa shape index (κ1) is 15.5. The van der Waals surface area contributed by atoms with Crippen molar-refractivity contribution in [1.29, 1.82) is 0 Å². The molecule has 8 heteroatoms. The van der Waals surface area contributed by atoms with E-state index in [1.807, 2.05) is 6.07 Å². The van der Waals surface area contributed by atoms with E-state index in [9.17, 15) is 9.59 Å². The number of para-hydroxylation sites is 1. The highest BCUT2D eigenvalue weighted by Crippen LogP contribution is 2.35. The monoisotopic (exact) mass is 342 g/mol. The molecule has 0 saturated heterocycles. The van der Waals surface area contributed by atoms with E-state index in [1.165, 1.54) is 0 Å². The SMILES string of the molecule is CNC(=O)[C@H]1CN(C(=O)c2cccc3c2OCCO3)Cc2ccnn21. The lowest BCUT2D eigenvalue weighted by Gasteiger charge is -2.33. The molecule has 3 heterocycles. The first-order chi connectivity index (χ1) is 12.2. The van der Waals surface area contributed by atoms with Crippen molar-refractivity contribution in [2.45, 2.75) is 12.6 Å². The zero-order valence-corrected chi connectivity index (χ0v) is 13.8. The Kier molecular flexibility index (Phi) is 3.79. The van der Waals surface area contributed by atoms with Gasteiger partial charge in [-0.1, -0.05) is 6.07 Å². The zero-order chi connectivity index (χ0) is 17.4. The number of amides is 2. The van der Waals surface area contributed by atoms with Crippen LogP contribution in [0.25, 0.3) is 0 Å². The maximum Gasteiger partial charge on any atom is 0.258 e. The first-order valence-corrected chi connectivity index (χ1v) is 8.11. The maximum absolute atomic E-state index is 13.1. The van der Waals surface area contributed by atoms with E-state index >= 15 is 0 Å². The van der Waals surface area contributed by atoms with Gasteiger partial charge < -0.3 is 19.7 Å². The third-order valence-corrected chi connectivity index (χ3v) is 4.43. The van der Waals surface area contributed by atoms with E-state index in [0.29, 0.717) is 36.8 Å². The number of nitrogens with one attached hydrogen (secondary N) is 1. The molecule has 0 unspecified atom stereocenters. The molecule has 25 heavy (non-hydrogen) atoms. The molecule has 0 aliphatic carbocycles. The van der Waals surface area contributed by atoms with Gasteiger partial charge in [-0.05, 0) is 18.2 Å². The predicted octanol–water partition coefficient (Wildman–Crippen LogP) is 0.597. The lowest BCUT2D eigenvalue weighted by atomic mass is 10.1. The van der Waals surface area contributed by atoms with Crippen LogP contribution in [0.2, 0.25) is 0 Å². The molecule has 2 aliphatic rings. The Morgan fingerprint density at radius 2 is 2.08 bits per heavy atom. The van der Waals surface area contributed by atoms with Gasteiger partial charge in [-0.2, -0.15) is 5.10 Å². The molecule has 0 bridgehead atoms. The third kappa shape index (κ3) is 2.59. The smallest absolute Gasteiger partial charge is 0.258 e. The second-order valence-electron chi connectivity index (χ2n) is 5.91. The molecule has 0 saturated carbocycles. The molecule has 2 aliphatic heterocycles. The van der Waals surface area contributed by atoms with Gasteiger partial charge in [-0.3, -0.25) is 14.3 Å². The Morgan fingerprint density at radius 3 is 2.92 bits per heavy atom. The molecule has 0 spiro atoms. The van der Waals surface area contributed by atoms with Gasteiger partial charge >= 0.3 is 0 Å². The molecule has 1 atom stereocenters. The van der Waals surface area contributed by atoms with Gasteiger partial charge in [0.15, 0.2) is 11.5 Å². The molecule has 1 N–H and O–H groups in total. The number of rotatable bonds is 2.